The molecule has 1 aromatic carbocycles. The second kappa shape index (κ2) is 5.86. The number of alkyl halides is 3. The zero-order valence-corrected chi connectivity index (χ0v) is 11.0. The topological polar surface area (TPSA) is 67.2 Å². The van der Waals surface area contributed by atoms with Crippen LogP contribution in [0, 0.1) is 6.92 Å². The van der Waals surface area contributed by atoms with Crippen molar-refractivity contribution < 1.29 is 22.5 Å². The average Bonchev–Trinajstić information content (AvgIpc) is 2.81. The summed E-state index contributed by atoms with van der Waals surface area (Å²) in [4.78, 5) is 11.6. The van der Waals surface area contributed by atoms with Gasteiger partial charge in [0.1, 0.15) is 5.76 Å². The Morgan fingerprint density at radius 1 is 1.33 bits per heavy atom. The average molecular weight is 299 g/mol. The van der Waals surface area contributed by atoms with E-state index in [4.69, 9.17) is 4.52 Å². The molecule has 0 spiro atoms. The van der Waals surface area contributed by atoms with Gasteiger partial charge in [-0.25, -0.2) is 0 Å². The number of para-hydroxylation sites is 1. The third-order valence-electron chi connectivity index (χ3n) is 2.57. The summed E-state index contributed by atoms with van der Waals surface area (Å²) in [6, 6.07) is 6.45. The minimum absolute atomic E-state index is 0.156. The quantitative estimate of drug-likeness (QED) is 0.910. The smallest absolute Gasteiger partial charge is 0.376 e. The predicted molar refractivity (Wildman–Crippen MR) is 69.8 cm³/mol. The maximum Gasteiger partial charge on any atom is 0.418 e. The van der Waals surface area contributed by atoms with Crippen molar-refractivity contribution in [3.05, 3.63) is 41.7 Å². The molecular weight excluding hydrogens is 287 g/mol. The number of carbonyl (C=O) groups is 1. The standard InChI is InChI=1S/C13H12F3N3O2/c1-8-6-11(19-21-8)18-12(20)7-17-10-5-3-2-4-9(10)13(14,15)16/h2-6,17H,7H2,1H3,(H,18,19,20). The van der Waals surface area contributed by atoms with E-state index in [1.807, 2.05) is 0 Å². The number of hydrogen-bond acceptors (Lipinski definition) is 4. The lowest BCUT2D eigenvalue weighted by Gasteiger charge is -2.13. The number of nitrogens with one attached hydrogen (secondary N) is 2. The third kappa shape index (κ3) is 3.98. The van der Waals surface area contributed by atoms with Gasteiger partial charge in [0.25, 0.3) is 0 Å². The van der Waals surface area contributed by atoms with Crippen LogP contribution in [0.25, 0.3) is 0 Å². The summed E-state index contributed by atoms with van der Waals surface area (Å²) in [7, 11) is 0. The zero-order valence-electron chi connectivity index (χ0n) is 11.0. The molecular formula is C13H12F3N3O2. The van der Waals surface area contributed by atoms with Crippen LogP contribution >= 0.6 is 0 Å². The Bertz CT molecular complexity index is 638. The lowest BCUT2D eigenvalue weighted by molar-refractivity contribution is -0.137. The van der Waals surface area contributed by atoms with E-state index in [2.05, 4.69) is 15.8 Å². The molecule has 1 aromatic heterocycles. The number of nitrogens with zero attached hydrogens (tertiary/aromatic N) is 1. The van der Waals surface area contributed by atoms with Crippen molar-refractivity contribution in [2.24, 2.45) is 0 Å². The van der Waals surface area contributed by atoms with Gasteiger partial charge in [0.15, 0.2) is 5.82 Å². The summed E-state index contributed by atoms with van der Waals surface area (Å²) in [5.74, 6) is 0.198. The fourth-order valence-electron chi connectivity index (χ4n) is 1.67. The molecule has 112 valence electrons. The highest BCUT2D eigenvalue weighted by molar-refractivity contribution is 5.93. The number of rotatable bonds is 4. The van der Waals surface area contributed by atoms with E-state index >= 15 is 0 Å². The van der Waals surface area contributed by atoms with Gasteiger partial charge < -0.3 is 15.2 Å². The first-order valence-corrected chi connectivity index (χ1v) is 5.99. The third-order valence-corrected chi connectivity index (χ3v) is 2.57. The molecule has 0 atom stereocenters. The summed E-state index contributed by atoms with van der Waals surface area (Å²) in [5.41, 5.74) is -0.980. The van der Waals surface area contributed by atoms with E-state index in [0.717, 1.165) is 6.07 Å². The zero-order chi connectivity index (χ0) is 15.5. The molecule has 5 nitrogen and oxygen atoms in total. The molecule has 8 heteroatoms. The van der Waals surface area contributed by atoms with E-state index in [0.29, 0.717) is 5.76 Å². The number of aryl methyl sites for hydroxylation is 1. The Balaban J connectivity index is 1.98. The van der Waals surface area contributed by atoms with Gasteiger partial charge in [-0.1, -0.05) is 17.3 Å². The molecule has 0 bridgehead atoms. The van der Waals surface area contributed by atoms with Gasteiger partial charge in [0, 0.05) is 11.8 Å². The number of carbonyl (C=O) groups excluding carboxylic acids is 1. The van der Waals surface area contributed by atoms with Gasteiger partial charge in [-0.05, 0) is 19.1 Å². The molecule has 2 rings (SSSR count). The molecule has 0 radical (unpaired) electrons. The van der Waals surface area contributed by atoms with Gasteiger partial charge in [-0.2, -0.15) is 13.2 Å². The van der Waals surface area contributed by atoms with Crippen LogP contribution in [0.4, 0.5) is 24.7 Å². The van der Waals surface area contributed by atoms with Gasteiger partial charge >= 0.3 is 6.18 Å². The summed E-state index contributed by atoms with van der Waals surface area (Å²) in [6.07, 6.45) is -4.48. The van der Waals surface area contributed by atoms with Crippen LogP contribution in [-0.2, 0) is 11.0 Å². The van der Waals surface area contributed by atoms with Gasteiger partial charge in [-0.3, -0.25) is 4.79 Å². The number of halogens is 3. The molecule has 0 saturated carbocycles. The van der Waals surface area contributed by atoms with Crippen molar-refractivity contribution in [2.75, 3.05) is 17.2 Å². The fourth-order valence-corrected chi connectivity index (χ4v) is 1.67. The molecule has 1 amide bonds. The molecule has 0 unspecified atom stereocenters. The Hall–Kier alpha value is -2.51. The van der Waals surface area contributed by atoms with Crippen LogP contribution in [0.2, 0.25) is 0 Å². The SMILES string of the molecule is Cc1cc(NC(=O)CNc2ccccc2C(F)(F)F)no1. The van der Waals surface area contributed by atoms with E-state index in [1.54, 1.807) is 6.92 Å². The summed E-state index contributed by atoms with van der Waals surface area (Å²) in [6.45, 7) is 1.33. The van der Waals surface area contributed by atoms with Crippen LogP contribution in [-0.4, -0.2) is 17.6 Å². The first-order valence-electron chi connectivity index (χ1n) is 5.99. The van der Waals surface area contributed by atoms with E-state index < -0.39 is 17.6 Å². The Kier molecular flexibility index (Phi) is 4.15. The minimum atomic E-state index is -4.48. The van der Waals surface area contributed by atoms with Crippen LogP contribution in [0.5, 0.6) is 0 Å². The van der Waals surface area contributed by atoms with Gasteiger partial charge in [-0.15, -0.1) is 0 Å². The number of aromatic nitrogens is 1. The molecule has 1 heterocycles. The molecule has 0 aliphatic carbocycles. The summed E-state index contributed by atoms with van der Waals surface area (Å²) in [5, 5.41) is 8.41. The highest BCUT2D eigenvalue weighted by Crippen LogP contribution is 2.34. The van der Waals surface area contributed by atoms with Crippen LogP contribution < -0.4 is 10.6 Å². The first-order chi connectivity index (χ1) is 9.86. The van der Waals surface area contributed by atoms with Crippen molar-refractivity contribution >= 4 is 17.4 Å². The van der Waals surface area contributed by atoms with Crippen molar-refractivity contribution in [3.8, 4) is 0 Å². The van der Waals surface area contributed by atoms with Crippen LogP contribution in [0.1, 0.15) is 11.3 Å². The van der Waals surface area contributed by atoms with Crippen molar-refractivity contribution in [2.45, 2.75) is 13.1 Å². The van der Waals surface area contributed by atoms with E-state index in [1.165, 1.54) is 24.3 Å². The van der Waals surface area contributed by atoms with E-state index in [9.17, 15) is 18.0 Å². The second-order valence-corrected chi connectivity index (χ2v) is 4.27. The maximum atomic E-state index is 12.8. The second-order valence-electron chi connectivity index (χ2n) is 4.27. The van der Waals surface area contributed by atoms with Gasteiger partial charge in [0.2, 0.25) is 5.91 Å². The Morgan fingerprint density at radius 2 is 2.05 bits per heavy atom. The summed E-state index contributed by atoms with van der Waals surface area (Å²) < 4.78 is 43.0. The van der Waals surface area contributed by atoms with Crippen molar-refractivity contribution in [3.63, 3.8) is 0 Å². The molecule has 21 heavy (non-hydrogen) atoms. The lowest BCUT2D eigenvalue weighted by Crippen LogP contribution is -2.23. The minimum Gasteiger partial charge on any atom is -0.376 e. The monoisotopic (exact) mass is 299 g/mol. The number of benzene rings is 1. The largest absolute Gasteiger partial charge is 0.418 e. The molecule has 0 saturated heterocycles. The molecule has 2 N–H and O–H groups in total. The molecule has 0 aliphatic rings. The van der Waals surface area contributed by atoms with Gasteiger partial charge in [0.05, 0.1) is 12.1 Å². The van der Waals surface area contributed by atoms with Crippen molar-refractivity contribution in [1.82, 2.24) is 5.16 Å². The summed E-state index contributed by atoms with van der Waals surface area (Å²) >= 11 is 0. The molecule has 2 aromatic rings. The highest BCUT2D eigenvalue weighted by atomic mass is 19.4. The Labute approximate surface area is 118 Å². The normalized spacial score (nSPS) is 11.2. The Morgan fingerprint density at radius 3 is 2.67 bits per heavy atom. The predicted octanol–water partition coefficient (Wildman–Crippen LogP) is 3.05. The fraction of sp³-hybridized carbons (Fsp3) is 0.231. The van der Waals surface area contributed by atoms with Crippen LogP contribution in [0.3, 0.4) is 0 Å². The van der Waals surface area contributed by atoms with Crippen LogP contribution in [0.15, 0.2) is 34.9 Å². The molecule has 0 aliphatic heterocycles. The first kappa shape index (κ1) is 14.9. The lowest BCUT2D eigenvalue weighted by atomic mass is 10.1. The molecule has 0 fully saturated rings. The van der Waals surface area contributed by atoms with E-state index in [-0.39, 0.29) is 18.1 Å². The highest BCUT2D eigenvalue weighted by Gasteiger charge is 2.33. The number of amides is 1. The number of anilines is 2. The number of hydrogen-bond donors (Lipinski definition) is 2. The van der Waals surface area contributed by atoms with Crippen molar-refractivity contribution in [1.29, 1.82) is 0 Å². The maximum absolute atomic E-state index is 12.8.